The minimum atomic E-state index is 0.275. The molecule has 0 bridgehead atoms. The van der Waals surface area contributed by atoms with Gasteiger partial charge in [-0.25, -0.2) is 0 Å². The summed E-state index contributed by atoms with van der Waals surface area (Å²) in [6, 6.07) is 13.6. The van der Waals surface area contributed by atoms with Gasteiger partial charge >= 0.3 is 0 Å². The van der Waals surface area contributed by atoms with Crippen LogP contribution < -0.4 is 19.9 Å². The molecule has 0 spiro atoms. The lowest BCUT2D eigenvalue weighted by molar-refractivity contribution is 0.173. The standard InChI is InChI=1S/C15H15NO3/c16-8-11-2-1-3-12(6-11)9-17-13-4-5-14-15(7-13)19-10-18-14/h1-7H,8-10,16H2. The van der Waals surface area contributed by atoms with E-state index in [4.69, 9.17) is 19.9 Å². The Morgan fingerprint density at radius 3 is 2.74 bits per heavy atom. The van der Waals surface area contributed by atoms with E-state index in [1.807, 2.05) is 42.5 Å². The number of hydrogen-bond donors (Lipinski definition) is 1. The summed E-state index contributed by atoms with van der Waals surface area (Å²) in [5.41, 5.74) is 7.82. The first kappa shape index (κ1) is 11.9. The highest BCUT2D eigenvalue weighted by Crippen LogP contribution is 2.35. The van der Waals surface area contributed by atoms with Gasteiger partial charge < -0.3 is 19.9 Å². The Bertz CT molecular complexity index is 583. The monoisotopic (exact) mass is 257 g/mol. The lowest BCUT2D eigenvalue weighted by Crippen LogP contribution is -1.99. The molecule has 0 aliphatic carbocycles. The largest absolute Gasteiger partial charge is 0.489 e. The van der Waals surface area contributed by atoms with Crippen LogP contribution in [0.15, 0.2) is 42.5 Å². The average Bonchev–Trinajstić information content (AvgIpc) is 2.93. The molecule has 19 heavy (non-hydrogen) atoms. The van der Waals surface area contributed by atoms with Crippen LogP contribution in [0.25, 0.3) is 0 Å². The summed E-state index contributed by atoms with van der Waals surface area (Å²) in [4.78, 5) is 0. The van der Waals surface area contributed by atoms with Gasteiger partial charge in [-0.05, 0) is 23.3 Å². The predicted molar refractivity (Wildman–Crippen MR) is 71.2 cm³/mol. The van der Waals surface area contributed by atoms with E-state index in [0.29, 0.717) is 13.2 Å². The molecule has 4 heteroatoms. The van der Waals surface area contributed by atoms with Gasteiger partial charge in [0.05, 0.1) is 0 Å². The van der Waals surface area contributed by atoms with Crippen molar-refractivity contribution in [1.82, 2.24) is 0 Å². The van der Waals surface area contributed by atoms with E-state index >= 15 is 0 Å². The van der Waals surface area contributed by atoms with Gasteiger partial charge in [0, 0.05) is 12.6 Å². The van der Waals surface area contributed by atoms with Gasteiger partial charge in [0.1, 0.15) is 12.4 Å². The molecule has 1 heterocycles. The molecule has 3 rings (SSSR count). The van der Waals surface area contributed by atoms with Gasteiger partial charge in [-0.1, -0.05) is 24.3 Å². The molecule has 0 atom stereocenters. The molecule has 1 aliphatic heterocycles. The first-order valence-corrected chi connectivity index (χ1v) is 6.15. The minimum Gasteiger partial charge on any atom is -0.489 e. The number of benzene rings is 2. The summed E-state index contributed by atoms with van der Waals surface area (Å²) in [5.74, 6) is 2.26. The Balaban J connectivity index is 1.68. The van der Waals surface area contributed by atoms with Crippen molar-refractivity contribution in [3.8, 4) is 17.2 Å². The summed E-state index contributed by atoms with van der Waals surface area (Å²) in [6.45, 7) is 1.32. The van der Waals surface area contributed by atoms with Gasteiger partial charge in [0.2, 0.25) is 6.79 Å². The number of ether oxygens (including phenoxy) is 3. The van der Waals surface area contributed by atoms with Crippen LogP contribution in [0.3, 0.4) is 0 Å². The highest BCUT2D eigenvalue weighted by molar-refractivity contribution is 5.46. The number of fused-ring (bicyclic) bond motifs is 1. The highest BCUT2D eigenvalue weighted by atomic mass is 16.7. The van der Waals surface area contributed by atoms with Crippen molar-refractivity contribution in [2.75, 3.05) is 6.79 Å². The van der Waals surface area contributed by atoms with Gasteiger partial charge in [-0.3, -0.25) is 0 Å². The molecule has 2 aromatic carbocycles. The second-order valence-electron chi connectivity index (χ2n) is 4.33. The molecule has 0 saturated heterocycles. The van der Waals surface area contributed by atoms with E-state index in [-0.39, 0.29) is 6.79 Å². The maximum absolute atomic E-state index is 5.74. The molecule has 0 unspecified atom stereocenters. The van der Waals surface area contributed by atoms with Crippen molar-refractivity contribution in [2.24, 2.45) is 5.73 Å². The summed E-state index contributed by atoms with van der Waals surface area (Å²) in [5, 5.41) is 0. The molecule has 0 aromatic heterocycles. The molecular weight excluding hydrogens is 242 g/mol. The van der Waals surface area contributed by atoms with Crippen LogP contribution in [-0.4, -0.2) is 6.79 Å². The van der Waals surface area contributed by atoms with Crippen LogP contribution in [0.4, 0.5) is 0 Å². The van der Waals surface area contributed by atoms with Gasteiger partial charge in [0.15, 0.2) is 11.5 Å². The summed E-state index contributed by atoms with van der Waals surface area (Å²) < 4.78 is 16.3. The highest BCUT2D eigenvalue weighted by Gasteiger charge is 2.13. The third kappa shape index (κ3) is 2.63. The molecule has 0 amide bonds. The van der Waals surface area contributed by atoms with Crippen LogP contribution in [0.5, 0.6) is 17.2 Å². The molecule has 1 aliphatic rings. The van der Waals surface area contributed by atoms with Gasteiger partial charge in [0.25, 0.3) is 0 Å². The minimum absolute atomic E-state index is 0.275. The van der Waals surface area contributed by atoms with Crippen molar-refractivity contribution < 1.29 is 14.2 Å². The fourth-order valence-electron chi connectivity index (χ4n) is 1.98. The molecule has 4 nitrogen and oxygen atoms in total. The Hall–Kier alpha value is -2.20. The maximum atomic E-state index is 5.74. The lowest BCUT2D eigenvalue weighted by Gasteiger charge is -2.08. The topological polar surface area (TPSA) is 53.7 Å². The third-order valence-electron chi connectivity index (χ3n) is 2.98. The van der Waals surface area contributed by atoms with Crippen LogP contribution in [0.1, 0.15) is 11.1 Å². The molecule has 0 saturated carbocycles. The first-order chi connectivity index (χ1) is 9.35. The lowest BCUT2D eigenvalue weighted by atomic mass is 10.1. The summed E-state index contributed by atoms with van der Waals surface area (Å²) in [7, 11) is 0. The average molecular weight is 257 g/mol. The molecule has 0 fully saturated rings. The second kappa shape index (κ2) is 5.20. The zero-order valence-corrected chi connectivity index (χ0v) is 10.5. The molecule has 2 aromatic rings. The van der Waals surface area contributed by atoms with Crippen LogP contribution >= 0.6 is 0 Å². The van der Waals surface area contributed by atoms with E-state index in [1.54, 1.807) is 0 Å². The maximum Gasteiger partial charge on any atom is 0.231 e. The van der Waals surface area contributed by atoms with Crippen molar-refractivity contribution in [3.05, 3.63) is 53.6 Å². The van der Waals surface area contributed by atoms with E-state index < -0.39 is 0 Å². The summed E-state index contributed by atoms with van der Waals surface area (Å²) >= 11 is 0. The fourth-order valence-corrected chi connectivity index (χ4v) is 1.98. The Morgan fingerprint density at radius 1 is 1.00 bits per heavy atom. The van der Waals surface area contributed by atoms with Gasteiger partial charge in [-0.2, -0.15) is 0 Å². The Labute approximate surface area is 111 Å². The first-order valence-electron chi connectivity index (χ1n) is 6.15. The van der Waals surface area contributed by atoms with Crippen molar-refractivity contribution in [1.29, 1.82) is 0 Å². The van der Waals surface area contributed by atoms with E-state index in [0.717, 1.165) is 28.4 Å². The Morgan fingerprint density at radius 2 is 1.84 bits per heavy atom. The number of rotatable bonds is 4. The molecular formula is C15H15NO3. The normalized spacial score (nSPS) is 12.5. The molecule has 0 radical (unpaired) electrons. The quantitative estimate of drug-likeness (QED) is 0.914. The second-order valence-corrected chi connectivity index (χ2v) is 4.33. The third-order valence-corrected chi connectivity index (χ3v) is 2.98. The van der Waals surface area contributed by atoms with Crippen molar-refractivity contribution in [2.45, 2.75) is 13.2 Å². The summed E-state index contributed by atoms with van der Waals surface area (Å²) in [6.07, 6.45) is 0. The zero-order valence-electron chi connectivity index (χ0n) is 10.5. The van der Waals surface area contributed by atoms with E-state index in [9.17, 15) is 0 Å². The number of nitrogens with two attached hydrogens (primary N) is 1. The fraction of sp³-hybridized carbons (Fsp3) is 0.200. The smallest absolute Gasteiger partial charge is 0.231 e. The van der Waals surface area contributed by atoms with Crippen molar-refractivity contribution >= 4 is 0 Å². The van der Waals surface area contributed by atoms with Crippen LogP contribution in [0, 0.1) is 0 Å². The predicted octanol–water partition coefficient (Wildman–Crippen LogP) is 2.45. The zero-order chi connectivity index (χ0) is 13.1. The van der Waals surface area contributed by atoms with Crippen LogP contribution in [-0.2, 0) is 13.2 Å². The number of hydrogen-bond acceptors (Lipinski definition) is 4. The van der Waals surface area contributed by atoms with E-state index in [1.165, 1.54) is 0 Å². The SMILES string of the molecule is NCc1cccc(COc2ccc3c(c2)OCO3)c1. The van der Waals surface area contributed by atoms with Crippen LogP contribution in [0.2, 0.25) is 0 Å². The van der Waals surface area contributed by atoms with Crippen molar-refractivity contribution in [3.63, 3.8) is 0 Å². The van der Waals surface area contributed by atoms with Gasteiger partial charge in [-0.15, -0.1) is 0 Å². The van der Waals surface area contributed by atoms with E-state index in [2.05, 4.69) is 0 Å². The molecule has 2 N–H and O–H groups in total. The Kier molecular flexibility index (Phi) is 3.25. The molecule has 98 valence electrons.